The number of aryl methyl sites for hydroxylation is 1. The number of hydrogen-bond donors (Lipinski definition) is 0. The lowest BCUT2D eigenvalue weighted by Gasteiger charge is -2.21. The first-order chi connectivity index (χ1) is 9.99. The lowest BCUT2D eigenvalue weighted by Crippen LogP contribution is -2.18. The molecular formula is C18H23ClN2. The molecule has 1 aromatic heterocycles. The summed E-state index contributed by atoms with van der Waals surface area (Å²) in [5.74, 6) is 1.91. The molecule has 0 spiro atoms. The van der Waals surface area contributed by atoms with Crippen LogP contribution in [0, 0.1) is 6.92 Å². The summed E-state index contributed by atoms with van der Waals surface area (Å²) in [7, 11) is 2.08. The highest BCUT2D eigenvalue weighted by atomic mass is 35.5. The van der Waals surface area contributed by atoms with E-state index in [-0.39, 0.29) is 0 Å². The van der Waals surface area contributed by atoms with Gasteiger partial charge in [0.05, 0.1) is 0 Å². The monoisotopic (exact) mass is 302 g/mol. The third kappa shape index (κ3) is 4.21. The van der Waals surface area contributed by atoms with Crippen molar-refractivity contribution in [2.45, 2.75) is 39.1 Å². The molecule has 112 valence electrons. The van der Waals surface area contributed by atoms with E-state index in [0.717, 1.165) is 23.6 Å². The first kappa shape index (κ1) is 15.8. The van der Waals surface area contributed by atoms with E-state index in [1.807, 2.05) is 0 Å². The Balaban J connectivity index is 2.25. The van der Waals surface area contributed by atoms with Gasteiger partial charge in [-0.3, -0.25) is 0 Å². The maximum atomic E-state index is 6.01. The zero-order valence-electron chi connectivity index (χ0n) is 13.2. The molecular weight excluding hydrogens is 280 g/mol. The molecule has 0 radical (unpaired) electrons. The number of benzene rings is 1. The number of nitrogens with zero attached hydrogens (tertiary/aromatic N) is 2. The van der Waals surface area contributed by atoms with Crippen molar-refractivity contribution in [2.24, 2.45) is 0 Å². The zero-order valence-corrected chi connectivity index (χ0v) is 14.0. The Bertz CT molecular complexity index is 608. The largest absolute Gasteiger partial charge is 0.355 e. The van der Waals surface area contributed by atoms with Crippen LogP contribution >= 0.6 is 11.6 Å². The molecule has 0 saturated carbocycles. The van der Waals surface area contributed by atoms with Gasteiger partial charge in [-0.1, -0.05) is 43.7 Å². The van der Waals surface area contributed by atoms with Crippen molar-refractivity contribution >= 4 is 17.4 Å². The smallest absolute Gasteiger partial charge is 0.129 e. The number of alkyl halides is 1. The second-order valence-corrected chi connectivity index (χ2v) is 6.16. The third-order valence-electron chi connectivity index (χ3n) is 3.53. The Kier molecular flexibility index (Phi) is 5.24. The van der Waals surface area contributed by atoms with Gasteiger partial charge in [0.1, 0.15) is 5.82 Å². The van der Waals surface area contributed by atoms with Crippen LogP contribution in [-0.2, 0) is 12.4 Å². The quantitative estimate of drug-likeness (QED) is 0.731. The molecule has 0 amide bonds. The van der Waals surface area contributed by atoms with Crippen molar-refractivity contribution in [3.63, 3.8) is 0 Å². The van der Waals surface area contributed by atoms with Crippen molar-refractivity contribution in [3.8, 4) is 0 Å². The highest BCUT2D eigenvalue weighted by Crippen LogP contribution is 2.22. The minimum atomic E-state index is 0.402. The van der Waals surface area contributed by atoms with Gasteiger partial charge in [-0.25, -0.2) is 4.98 Å². The number of aromatic nitrogens is 1. The van der Waals surface area contributed by atoms with E-state index in [1.165, 1.54) is 11.1 Å². The molecule has 0 N–H and O–H groups in total. The molecule has 0 aliphatic heterocycles. The normalized spacial score (nSPS) is 11.0. The number of rotatable bonds is 5. The number of hydrogen-bond acceptors (Lipinski definition) is 2. The van der Waals surface area contributed by atoms with Gasteiger partial charge in [0, 0.05) is 25.2 Å². The predicted octanol–water partition coefficient (Wildman–Crippen LogP) is 4.89. The molecule has 0 saturated heterocycles. The van der Waals surface area contributed by atoms with Gasteiger partial charge in [-0.05, 0) is 36.1 Å². The Hall–Kier alpha value is -1.54. The molecule has 21 heavy (non-hydrogen) atoms. The van der Waals surface area contributed by atoms with Crippen molar-refractivity contribution in [2.75, 3.05) is 11.9 Å². The Morgan fingerprint density at radius 1 is 1.14 bits per heavy atom. The van der Waals surface area contributed by atoms with E-state index in [4.69, 9.17) is 16.6 Å². The summed E-state index contributed by atoms with van der Waals surface area (Å²) in [6.07, 6.45) is 0. The van der Waals surface area contributed by atoms with Gasteiger partial charge in [0.15, 0.2) is 0 Å². The summed E-state index contributed by atoms with van der Waals surface area (Å²) in [5.41, 5.74) is 4.80. The van der Waals surface area contributed by atoms with E-state index in [0.29, 0.717) is 11.8 Å². The van der Waals surface area contributed by atoms with Crippen LogP contribution in [0.25, 0.3) is 0 Å². The molecule has 1 heterocycles. The molecule has 1 aromatic carbocycles. The maximum absolute atomic E-state index is 6.01. The number of anilines is 1. The topological polar surface area (TPSA) is 16.1 Å². The van der Waals surface area contributed by atoms with Crippen LogP contribution in [0.2, 0.25) is 0 Å². The van der Waals surface area contributed by atoms with Crippen molar-refractivity contribution < 1.29 is 0 Å². The SMILES string of the molecule is Cc1cccc(CN(C)c2cc(CCl)cc(C(C)C)n2)c1. The second-order valence-electron chi connectivity index (χ2n) is 5.89. The van der Waals surface area contributed by atoms with Crippen LogP contribution in [0.3, 0.4) is 0 Å². The number of halogens is 1. The highest BCUT2D eigenvalue weighted by molar-refractivity contribution is 6.17. The van der Waals surface area contributed by atoms with Gasteiger partial charge >= 0.3 is 0 Å². The summed E-state index contributed by atoms with van der Waals surface area (Å²) in [6.45, 7) is 7.28. The van der Waals surface area contributed by atoms with Crippen LogP contribution < -0.4 is 4.90 Å². The van der Waals surface area contributed by atoms with Crippen LogP contribution in [-0.4, -0.2) is 12.0 Å². The van der Waals surface area contributed by atoms with Gasteiger partial charge in [0.25, 0.3) is 0 Å². The fourth-order valence-corrected chi connectivity index (χ4v) is 2.48. The average molecular weight is 303 g/mol. The zero-order chi connectivity index (χ0) is 15.4. The van der Waals surface area contributed by atoms with Crippen LogP contribution in [0.5, 0.6) is 0 Å². The van der Waals surface area contributed by atoms with Gasteiger partial charge < -0.3 is 4.90 Å². The van der Waals surface area contributed by atoms with E-state index >= 15 is 0 Å². The minimum absolute atomic E-state index is 0.402. The first-order valence-electron chi connectivity index (χ1n) is 7.33. The average Bonchev–Trinajstić information content (AvgIpc) is 2.46. The first-order valence-corrected chi connectivity index (χ1v) is 7.86. The van der Waals surface area contributed by atoms with Gasteiger partial charge in [-0.15, -0.1) is 11.6 Å². The molecule has 2 aromatic rings. The summed E-state index contributed by atoms with van der Waals surface area (Å²) < 4.78 is 0. The summed E-state index contributed by atoms with van der Waals surface area (Å²) in [6, 6.07) is 12.8. The fraction of sp³-hybridized carbons (Fsp3) is 0.389. The minimum Gasteiger partial charge on any atom is -0.355 e. The Labute approximate surface area is 132 Å². The standard InChI is InChI=1S/C18H23ClN2/c1-13(2)17-9-16(11-19)10-18(20-17)21(4)12-15-7-5-6-14(3)8-15/h5-10,13H,11-12H2,1-4H3. The van der Waals surface area contributed by atoms with Crippen LogP contribution in [0.1, 0.15) is 42.1 Å². The second kappa shape index (κ2) is 6.95. The van der Waals surface area contributed by atoms with E-state index in [1.54, 1.807) is 0 Å². The summed E-state index contributed by atoms with van der Waals surface area (Å²) in [5, 5.41) is 0. The third-order valence-corrected chi connectivity index (χ3v) is 3.84. The molecule has 0 unspecified atom stereocenters. The van der Waals surface area contributed by atoms with Crippen LogP contribution in [0.4, 0.5) is 5.82 Å². The lowest BCUT2D eigenvalue weighted by molar-refractivity contribution is 0.803. The van der Waals surface area contributed by atoms with Crippen LogP contribution in [0.15, 0.2) is 36.4 Å². The molecule has 0 aliphatic rings. The summed E-state index contributed by atoms with van der Waals surface area (Å²) >= 11 is 6.01. The Morgan fingerprint density at radius 2 is 1.90 bits per heavy atom. The van der Waals surface area contributed by atoms with Gasteiger partial charge in [-0.2, -0.15) is 0 Å². The molecule has 3 heteroatoms. The molecule has 0 atom stereocenters. The fourth-order valence-electron chi connectivity index (χ4n) is 2.33. The molecule has 2 rings (SSSR count). The predicted molar refractivity (Wildman–Crippen MR) is 91.2 cm³/mol. The van der Waals surface area contributed by atoms with Crippen molar-refractivity contribution in [1.29, 1.82) is 0 Å². The Morgan fingerprint density at radius 3 is 2.52 bits per heavy atom. The highest BCUT2D eigenvalue weighted by Gasteiger charge is 2.10. The molecule has 0 fully saturated rings. The van der Waals surface area contributed by atoms with Gasteiger partial charge in [0.2, 0.25) is 0 Å². The van der Waals surface area contributed by atoms with Crippen molar-refractivity contribution in [1.82, 2.24) is 4.98 Å². The molecule has 0 bridgehead atoms. The van der Waals surface area contributed by atoms with E-state index in [2.05, 4.69) is 69.1 Å². The summed E-state index contributed by atoms with van der Waals surface area (Å²) in [4.78, 5) is 6.94. The van der Waals surface area contributed by atoms with E-state index in [9.17, 15) is 0 Å². The molecule has 2 nitrogen and oxygen atoms in total. The van der Waals surface area contributed by atoms with Crippen molar-refractivity contribution in [3.05, 3.63) is 58.8 Å². The lowest BCUT2D eigenvalue weighted by atomic mass is 10.1. The number of pyridine rings is 1. The molecule has 0 aliphatic carbocycles. The maximum Gasteiger partial charge on any atom is 0.129 e. The van der Waals surface area contributed by atoms with E-state index < -0.39 is 0 Å².